The van der Waals surface area contributed by atoms with E-state index in [1.807, 2.05) is 6.92 Å². The maximum atomic E-state index is 13.6. The van der Waals surface area contributed by atoms with E-state index in [-0.39, 0.29) is 22.2 Å². The summed E-state index contributed by atoms with van der Waals surface area (Å²) in [6.45, 7) is 1.47. The summed E-state index contributed by atoms with van der Waals surface area (Å²) in [5.41, 5.74) is 1.79. The van der Waals surface area contributed by atoms with Gasteiger partial charge in [0.15, 0.2) is 11.5 Å². The Labute approximate surface area is 221 Å². The van der Waals surface area contributed by atoms with Gasteiger partial charge in [-0.2, -0.15) is 0 Å². The molecular formula is C26H29ClN2O7S. The number of halogens is 1. The minimum atomic E-state index is -4.10. The molecule has 0 bridgehead atoms. The van der Waals surface area contributed by atoms with Crippen molar-refractivity contribution in [2.75, 3.05) is 39.3 Å². The molecule has 1 N–H and O–H groups in total. The zero-order valence-corrected chi connectivity index (χ0v) is 22.8. The summed E-state index contributed by atoms with van der Waals surface area (Å²) in [5, 5.41) is 2.96. The number of nitrogens with zero attached hydrogens (tertiary/aromatic N) is 1. The third-order valence-corrected chi connectivity index (χ3v) is 7.62. The van der Waals surface area contributed by atoms with Gasteiger partial charge in [-0.25, -0.2) is 8.42 Å². The number of ether oxygens (including phenoxy) is 4. The molecule has 37 heavy (non-hydrogen) atoms. The second-order valence-corrected chi connectivity index (χ2v) is 10.2. The van der Waals surface area contributed by atoms with Gasteiger partial charge in [-0.1, -0.05) is 29.3 Å². The molecule has 3 rings (SSSR count). The summed E-state index contributed by atoms with van der Waals surface area (Å²) in [4.78, 5) is 13.1. The van der Waals surface area contributed by atoms with Crippen molar-refractivity contribution in [1.82, 2.24) is 5.32 Å². The number of amides is 1. The summed E-state index contributed by atoms with van der Waals surface area (Å²) in [7, 11) is 1.84. The first-order valence-electron chi connectivity index (χ1n) is 11.1. The van der Waals surface area contributed by atoms with E-state index < -0.39 is 22.5 Å². The van der Waals surface area contributed by atoms with E-state index in [9.17, 15) is 13.2 Å². The number of hydrogen-bond acceptors (Lipinski definition) is 7. The molecule has 0 aliphatic carbocycles. The number of benzene rings is 3. The lowest BCUT2D eigenvalue weighted by molar-refractivity contribution is -0.119. The molecule has 9 nitrogen and oxygen atoms in total. The Morgan fingerprint density at radius 1 is 0.865 bits per heavy atom. The highest BCUT2D eigenvalue weighted by Gasteiger charge is 2.28. The van der Waals surface area contributed by atoms with E-state index in [2.05, 4.69) is 5.32 Å². The van der Waals surface area contributed by atoms with Gasteiger partial charge in [0.1, 0.15) is 12.3 Å². The first kappa shape index (κ1) is 27.9. The van der Waals surface area contributed by atoms with Crippen LogP contribution in [0.15, 0.2) is 59.5 Å². The largest absolute Gasteiger partial charge is 0.495 e. The monoisotopic (exact) mass is 548 g/mol. The molecular weight excluding hydrogens is 520 g/mol. The van der Waals surface area contributed by atoms with Gasteiger partial charge in [0.05, 0.1) is 44.0 Å². The van der Waals surface area contributed by atoms with Gasteiger partial charge >= 0.3 is 0 Å². The van der Waals surface area contributed by atoms with E-state index in [1.54, 1.807) is 30.3 Å². The number of nitrogens with one attached hydrogen (secondary N) is 1. The van der Waals surface area contributed by atoms with E-state index >= 15 is 0 Å². The summed E-state index contributed by atoms with van der Waals surface area (Å²) >= 11 is 6.27. The molecule has 0 unspecified atom stereocenters. The highest BCUT2D eigenvalue weighted by molar-refractivity contribution is 7.92. The van der Waals surface area contributed by atoms with Crippen LogP contribution in [-0.2, 0) is 21.4 Å². The van der Waals surface area contributed by atoms with Crippen molar-refractivity contribution < 1.29 is 32.2 Å². The number of carbonyl (C=O) groups is 1. The molecule has 3 aromatic rings. The first-order valence-corrected chi connectivity index (χ1v) is 12.9. The lowest BCUT2D eigenvalue weighted by atomic mass is 10.1. The number of sulfonamides is 1. The topological polar surface area (TPSA) is 103 Å². The van der Waals surface area contributed by atoms with Crippen molar-refractivity contribution in [3.8, 4) is 23.0 Å². The predicted octanol–water partition coefficient (Wildman–Crippen LogP) is 4.19. The summed E-state index contributed by atoms with van der Waals surface area (Å²) in [6, 6.07) is 14.3. The second kappa shape index (κ2) is 12.1. The van der Waals surface area contributed by atoms with Crippen LogP contribution in [0.1, 0.15) is 11.1 Å². The average molecular weight is 549 g/mol. The van der Waals surface area contributed by atoms with Crippen LogP contribution in [0.25, 0.3) is 0 Å². The fourth-order valence-corrected chi connectivity index (χ4v) is 5.25. The Bertz CT molecular complexity index is 1340. The van der Waals surface area contributed by atoms with Crippen LogP contribution in [0.5, 0.6) is 23.0 Å². The molecule has 0 spiro atoms. The van der Waals surface area contributed by atoms with Crippen molar-refractivity contribution >= 4 is 33.2 Å². The maximum absolute atomic E-state index is 13.6. The van der Waals surface area contributed by atoms with Crippen LogP contribution < -0.4 is 28.6 Å². The van der Waals surface area contributed by atoms with Crippen LogP contribution in [0, 0.1) is 6.92 Å². The van der Waals surface area contributed by atoms with Crippen molar-refractivity contribution in [1.29, 1.82) is 0 Å². The lowest BCUT2D eigenvalue weighted by Crippen LogP contribution is -2.40. The molecule has 0 fully saturated rings. The third-order valence-electron chi connectivity index (χ3n) is 5.53. The molecule has 0 radical (unpaired) electrons. The van der Waals surface area contributed by atoms with Gasteiger partial charge < -0.3 is 24.3 Å². The minimum absolute atomic E-state index is 0.0440. The summed E-state index contributed by atoms with van der Waals surface area (Å²) < 4.78 is 49.4. The second-order valence-electron chi connectivity index (χ2n) is 7.95. The molecule has 3 aromatic carbocycles. The normalized spacial score (nSPS) is 11.0. The third kappa shape index (κ3) is 6.39. The van der Waals surface area contributed by atoms with Crippen LogP contribution in [0.4, 0.5) is 5.69 Å². The highest BCUT2D eigenvalue weighted by atomic mass is 35.5. The van der Waals surface area contributed by atoms with Gasteiger partial charge in [-0.3, -0.25) is 9.10 Å². The maximum Gasteiger partial charge on any atom is 0.264 e. The standard InChI is InChI=1S/C26H29ClN2O7S/c1-17-6-9-20(10-7-17)37(31,32)29(19-8-11-22(33-2)21(27)14-19)16-25(30)28-15-18-12-23(34-3)26(36-5)24(13-18)35-4/h6-14H,15-16H2,1-5H3,(H,28,30). The SMILES string of the molecule is COc1ccc(N(CC(=O)NCc2cc(OC)c(OC)c(OC)c2)S(=O)(=O)c2ccc(C)cc2)cc1Cl. The van der Waals surface area contributed by atoms with Crippen LogP contribution in [0.3, 0.4) is 0 Å². The summed E-state index contributed by atoms with van der Waals surface area (Å²) in [5.74, 6) is 1.14. The van der Waals surface area contributed by atoms with Crippen LogP contribution >= 0.6 is 11.6 Å². The predicted molar refractivity (Wildman–Crippen MR) is 142 cm³/mol. The zero-order chi connectivity index (χ0) is 27.2. The van der Waals surface area contributed by atoms with Crippen molar-refractivity contribution in [2.24, 2.45) is 0 Å². The molecule has 0 aliphatic rings. The van der Waals surface area contributed by atoms with E-state index in [1.165, 1.54) is 52.7 Å². The Morgan fingerprint density at radius 2 is 1.46 bits per heavy atom. The Kier molecular flexibility index (Phi) is 9.12. The van der Waals surface area contributed by atoms with Gasteiger partial charge in [-0.15, -0.1) is 0 Å². The Balaban J connectivity index is 1.90. The van der Waals surface area contributed by atoms with Gasteiger partial charge in [0, 0.05) is 6.54 Å². The van der Waals surface area contributed by atoms with Gasteiger partial charge in [0.25, 0.3) is 10.0 Å². The van der Waals surface area contributed by atoms with Crippen LogP contribution in [-0.4, -0.2) is 49.3 Å². The number of anilines is 1. The first-order chi connectivity index (χ1) is 17.6. The molecule has 0 heterocycles. The number of hydrogen-bond donors (Lipinski definition) is 1. The molecule has 11 heteroatoms. The zero-order valence-electron chi connectivity index (χ0n) is 21.2. The van der Waals surface area contributed by atoms with Crippen molar-refractivity contribution in [3.05, 3.63) is 70.7 Å². The molecule has 0 saturated heterocycles. The van der Waals surface area contributed by atoms with Crippen molar-refractivity contribution in [3.63, 3.8) is 0 Å². The van der Waals surface area contributed by atoms with Crippen LogP contribution in [0.2, 0.25) is 5.02 Å². The Hall–Kier alpha value is -3.63. The molecule has 1 amide bonds. The Morgan fingerprint density at radius 3 is 1.97 bits per heavy atom. The van der Waals surface area contributed by atoms with E-state index in [0.717, 1.165) is 9.87 Å². The van der Waals surface area contributed by atoms with Gasteiger partial charge in [-0.05, 0) is 55.0 Å². The smallest absolute Gasteiger partial charge is 0.264 e. The van der Waals surface area contributed by atoms with E-state index in [4.69, 9.17) is 30.5 Å². The molecule has 198 valence electrons. The van der Waals surface area contributed by atoms with E-state index in [0.29, 0.717) is 28.6 Å². The number of methoxy groups -OCH3 is 4. The molecule has 0 saturated carbocycles. The number of carbonyl (C=O) groups excluding carboxylic acids is 1. The van der Waals surface area contributed by atoms with Crippen molar-refractivity contribution in [2.45, 2.75) is 18.4 Å². The van der Waals surface area contributed by atoms with Gasteiger partial charge in [0.2, 0.25) is 11.7 Å². The fourth-order valence-electron chi connectivity index (χ4n) is 3.59. The number of rotatable bonds is 11. The fraction of sp³-hybridized carbons (Fsp3) is 0.269. The molecule has 0 aliphatic heterocycles. The molecule has 0 atom stereocenters. The summed E-state index contributed by atoms with van der Waals surface area (Å²) in [6.07, 6.45) is 0. The highest BCUT2D eigenvalue weighted by Crippen LogP contribution is 2.38. The molecule has 0 aromatic heterocycles. The minimum Gasteiger partial charge on any atom is -0.495 e. The lowest BCUT2D eigenvalue weighted by Gasteiger charge is -2.25. The quantitative estimate of drug-likeness (QED) is 0.383. The average Bonchev–Trinajstić information content (AvgIpc) is 2.89. The number of aryl methyl sites for hydroxylation is 1.